The van der Waals surface area contributed by atoms with Crippen molar-refractivity contribution in [1.29, 1.82) is 0 Å². The van der Waals surface area contributed by atoms with Crippen LogP contribution in [0, 0.1) is 5.41 Å². The van der Waals surface area contributed by atoms with Crippen molar-refractivity contribution in [3.8, 4) is 0 Å². The highest BCUT2D eigenvalue weighted by Crippen LogP contribution is 2.24. The Labute approximate surface area is 108 Å². The number of hydrogen-bond acceptors (Lipinski definition) is 2. The molecule has 0 aromatic carbocycles. The Hall–Kier alpha value is -0.0800. The van der Waals surface area contributed by atoms with Gasteiger partial charge in [0.05, 0.1) is 13.2 Å². The Bertz CT molecular complexity index is 178. The van der Waals surface area contributed by atoms with Crippen LogP contribution >= 0.6 is 0 Å². The van der Waals surface area contributed by atoms with Crippen LogP contribution in [0.15, 0.2) is 0 Å². The SMILES string of the molecule is CCCCCCCCCCNCC1(C)COC1. The van der Waals surface area contributed by atoms with E-state index < -0.39 is 0 Å². The summed E-state index contributed by atoms with van der Waals surface area (Å²) in [7, 11) is 0. The zero-order valence-corrected chi connectivity index (χ0v) is 11.9. The van der Waals surface area contributed by atoms with Crippen molar-refractivity contribution >= 4 is 0 Å². The van der Waals surface area contributed by atoms with Crippen LogP contribution in [0.1, 0.15) is 65.2 Å². The molecule has 0 unspecified atom stereocenters. The van der Waals surface area contributed by atoms with E-state index in [4.69, 9.17) is 4.74 Å². The molecule has 0 radical (unpaired) electrons. The van der Waals surface area contributed by atoms with Gasteiger partial charge in [0, 0.05) is 12.0 Å². The Morgan fingerprint density at radius 2 is 1.53 bits per heavy atom. The molecule has 1 fully saturated rings. The van der Waals surface area contributed by atoms with Crippen molar-refractivity contribution in [2.45, 2.75) is 65.2 Å². The Morgan fingerprint density at radius 1 is 0.941 bits per heavy atom. The van der Waals surface area contributed by atoms with Crippen LogP contribution in [0.5, 0.6) is 0 Å². The van der Waals surface area contributed by atoms with Gasteiger partial charge in [-0.3, -0.25) is 0 Å². The lowest BCUT2D eigenvalue weighted by atomic mass is 9.89. The normalized spacial score (nSPS) is 18.0. The van der Waals surface area contributed by atoms with Gasteiger partial charge in [-0.2, -0.15) is 0 Å². The molecule has 1 heterocycles. The van der Waals surface area contributed by atoms with Gasteiger partial charge in [-0.15, -0.1) is 0 Å². The summed E-state index contributed by atoms with van der Waals surface area (Å²) in [6.07, 6.45) is 11.2. The lowest BCUT2D eigenvalue weighted by Crippen LogP contribution is -2.47. The van der Waals surface area contributed by atoms with Gasteiger partial charge in [-0.1, -0.05) is 58.8 Å². The molecule has 1 rings (SSSR count). The van der Waals surface area contributed by atoms with Gasteiger partial charge >= 0.3 is 0 Å². The molecule has 17 heavy (non-hydrogen) atoms. The number of ether oxygens (including phenoxy) is 1. The summed E-state index contributed by atoms with van der Waals surface area (Å²) >= 11 is 0. The Balaban J connectivity index is 1.72. The van der Waals surface area contributed by atoms with Crippen LogP contribution in [0.4, 0.5) is 0 Å². The topological polar surface area (TPSA) is 21.3 Å². The van der Waals surface area contributed by atoms with Crippen molar-refractivity contribution in [2.75, 3.05) is 26.3 Å². The largest absolute Gasteiger partial charge is 0.380 e. The maximum atomic E-state index is 5.24. The lowest BCUT2D eigenvalue weighted by molar-refractivity contribution is -0.0989. The van der Waals surface area contributed by atoms with Crippen LogP contribution < -0.4 is 5.32 Å². The third kappa shape index (κ3) is 7.05. The van der Waals surface area contributed by atoms with Crippen molar-refractivity contribution in [2.24, 2.45) is 5.41 Å². The van der Waals surface area contributed by atoms with Crippen LogP contribution in [0.3, 0.4) is 0 Å². The fourth-order valence-electron chi connectivity index (χ4n) is 2.33. The highest BCUT2D eigenvalue weighted by atomic mass is 16.5. The minimum Gasteiger partial charge on any atom is -0.380 e. The Morgan fingerprint density at radius 3 is 2.06 bits per heavy atom. The standard InChI is InChI=1S/C15H31NO/c1-3-4-5-6-7-8-9-10-11-16-12-15(2)13-17-14-15/h16H,3-14H2,1-2H3. The third-order valence-corrected chi connectivity index (χ3v) is 3.66. The summed E-state index contributed by atoms with van der Waals surface area (Å²) in [5, 5.41) is 3.56. The molecule has 0 aromatic heterocycles. The van der Waals surface area contributed by atoms with Crippen LogP contribution in [0.2, 0.25) is 0 Å². The van der Waals surface area contributed by atoms with E-state index in [1.54, 1.807) is 0 Å². The fourth-order valence-corrected chi connectivity index (χ4v) is 2.33. The number of unbranched alkanes of at least 4 members (excludes halogenated alkanes) is 7. The van der Waals surface area contributed by atoms with Gasteiger partial charge in [0.25, 0.3) is 0 Å². The predicted octanol–water partition coefficient (Wildman–Crippen LogP) is 3.75. The molecular weight excluding hydrogens is 210 g/mol. The average molecular weight is 241 g/mol. The van der Waals surface area contributed by atoms with Gasteiger partial charge < -0.3 is 10.1 Å². The van der Waals surface area contributed by atoms with Gasteiger partial charge in [0.1, 0.15) is 0 Å². The van der Waals surface area contributed by atoms with Gasteiger partial charge in [-0.25, -0.2) is 0 Å². The van der Waals surface area contributed by atoms with Gasteiger partial charge in [-0.05, 0) is 13.0 Å². The molecule has 1 aliphatic heterocycles. The van der Waals surface area contributed by atoms with Crippen molar-refractivity contribution in [1.82, 2.24) is 5.32 Å². The Kier molecular flexibility index (Phi) is 7.87. The van der Waals surface area contributed by atoms with Crippen molar-refractivity contribution < 1.29 is 4.74 Å². The second-order valence-electron chi connectivity index (χ2n) is 5.96. The molecule has 0 saturated carbocycles. The first-order chi connectivity index (χ1) is 8.27. The number of hydrogen-bond donors (Lipinski definition) is 1. The monoisotopic (exact) mass is 241 g/mol. The van der Waals surface area contributed by atoms with Gasteiger partial charge in [0.15, 0.2) is 0 Å². The zero-order chi connectivity index (χ0) is 12.4. The summed E-state index contributed by atoms with van der Waals surface area (Å²) in [6.45, 7) is 8.78. The quantitative estimate of drug-likeness (QED) is 0.556. The number of rotatable bonds is 11. The van der Waals surface area contributed by atoms with Crippen LogP contribution in [0.25, 0.3) is 0 Å². The zero-order valence-electron chi connectivity index (χ0n) is 11.9. The summed E-state index contributed by atoms with van der Waals surface area (Å²) in [6, 6.07) is 0. The summed E-state index contributed by atoms with van der Waals surface area (Å²) in [5.41, 5.74) is 0.431. The third-order valence-electron chi connectivity index (χ3n) is 3.66. The van der Waals surface area contributed by atoms with E-state index in [0.717, 1.165) is 19.8 Å². The first-order valence-corrected chi connectivity index (χ1v) is 7.55. The minimum atomic E-state index is 0.431. The smallest absolute Gasteiger partial charge is 0.0554 e. The van der Waals surface area contributed by atoms with E-state index in [9.17, 15) is 0 Å². The van der Waals surface area contributed by atoms with Crippen molar-refractivity contribution in [3.05, 3.63) is 0 Å². The molecule has 1 aliphatic rings. The van der Waals surface area contributed by atoms with E-state index in [1.165, 1.54) is 57.9 Å². The van der Waals surface area contributed by atoms with Crippen LogP contribution in [-0.4, -0.2) is 26.3 Å². The maximum Gasteiger partial charge on any atom is 0.0554 e. The van der Waals surface area contributed by atoms with E-state index in [1.807, 2.05) is 0 Å². The summed E-state index contributed by atoms with van der Waals surface area (Å²) in [5.74, 6) is 0. The lowest BCUT2D eigenvalue weighted by Gasteiger charge is -2.38. The van der Waals surface area contributed by atoms with Gasteiger partial charge in [0.2, 0.25) is 0 Å². The molecule has 2 heteroatoms. The first-order valence-electron chi connectivity index (χ1n) is 7.55. The molecule has 0 spiro atoms. The average Bonchev–Trinajstić information content (AvgIpc) is 2.29. The van der Waals surface area contributed by atoms with Crippen molar-refractivity contribution in [3.63, 3.8) is 0 Å². The molecule has 1 saturated heterocycles. The van der Waals surface area contributed by atoms with E-state index >= 15 is 0 Å². The molecular formula is C15H31NO. The molecule has 102 valence electrons. The van der Waals surface area contributed by atoms with E-state index in [2.05, 4.69) is 19.2 Å². The fraction of sp³-hybridized carbons (Fsp3) is 1.00. The summed E-state index contributed by atoms with van der Waals surface area (Å²) < 4.78 is 5.24. The highest BCUT2D eigenvalue weighted by Gasteiger charge is 2.32. The molecule has 0 bridgehead atoms. The molecule has 0 aliphatic carbocycles. The molecule has 2 nitrogen and oxygen atoms in total. The first kappa shape index (κ1) is 15.0. The van der Waals surface area contributed by atoms with E-state index in [0.29, 0.717) is 5.41 Å². The summed E-state index contributed by atoms with van der Waals surface area (Å²) in [4.78, 5) is 0. The molecule has 0 atom stereocenters. The van der Waals surface area contributed by atoms with Crippen LogP contribution in [-0.2, 0) is 4.74 Å². The second kappa shape index (κ2) is 8.93. The van der Waals surface area contributed by atoms with E-state index in [-0.39, 0.29) is 0 Å². The maximum absolute atomic E-state index is 5.24. The predicted molar refractivity (Wildman–Crippen MR) is 74.4 cm³/mol. The minimum absolute atomic E-state index is 0.431. The highest BCUT2D eigenvalue weighted by molar-refractivity contribution is 4.82. The number of nitrogens with one attached hydrogen (secondary N) is 1. The second-order valence-corrected chi connectivity index (χ2v) is 5.96. The molecule has 0 aromatic rings. The molecule has 0 amide bonds. The molecule has 1 N–H and O–H groups in total.